The van der Waals surface area contributed by atoms with Crippen molar-refractivity contribution in [2.24, 2.45) is 5.73 Å². The van der Waals surface area contributed by atoms with Gasteiger partial charge in [-0.15, -0.1) is 0 Å². The number of hydrogen-bond donors (Lipinski definition) is 3. The summed E-state index contributed by atoms with van der Waals surface area (Å²) in [6, 6.07) is -0.462. The monoisotopic (exact) mass is 333 g/mol. The Balaban J connectivity index is 1.88. The summed E-state index contributed by atoms with van der Waals surface area (Å²) in [4.78, 5) is 26.2. The number of imidazole rings is 1. The first kappa shape index (κ1) is 16.6. The van der Waals surface area contributed by atoms with Crippen molar-refractivity contribution in [3.8, 4) is 0 Å². The average Bonchev–Trinajstić information content (AvgIpc) is 3.00. The molecular weight excluding hydrogens is 310 g/mol. The molecule has 1 aliphatic carbocycles. The Morgan fingerprint density at radius 2 is 2.21 bits per heavy atom. The average molecular weight is 333 g/mol. The number of nitrogens with zero attached hydrogens (tertiary/aromatic N) is 5. The normalized spacial score (nSPS) is 24.2. The van der Waals surface area contributed by atoms with E-state index in [9.17, 15) is 9.90 Å². The van der Waals surface area contributed by atoms with Gasteiger partial charge in [-0.3, -0.25) is 4.79 Å². The van der Waals surface area contributed by atoms with Gasteiger partial charge in [0.2, 0.25) is 5.91 Å². The zero-order chi connectivity index (χ0) is 17.3. The molecule has 0 bridgehead atoms. The number of nitrogens with two attached hydrogens (primary N) is 2. The van der Waals surface area contributed by atoms with Crippen LogP contribution in [0.1, 0.15) is 31.7 Å². The second-order valence-electron chi connectivity index (χ2n) is 6.18. The third-order valence-corrected chi connectivity index (χ3v) is 4.78. The van der Waals surface area contributed by atoms with Gasteiger partial charge >= 0.3 is 0 Å². The number of hydrogen-bond acceptors (Lipinski definition) is 7. The summed E-state index contributed by atoms with van der Waals surface area (Å²) in [5.41, 5.74) is 12.4. The van der Waals surface area contributed by atoms with Crippen molar-refractivity contribution in [1.82, 2.24) is 24.4 Å². The fourth-order valence-electron chi connectivity index (χ4n) is 3.46. The van der Waals surface area contributed by atoms with Crippen LogP contribution in [0.2, 0.25) is 0 Å². The Kier molecular flexibility index (Phi) is 4.63. The molecular formula is C15H23N7O2. The van der Waals surface area contributed by atoms with E-state index in [2.05, 4.69) is 15.0 Å². The van der Waals surface area contributed by atoms with Crippen LogP contribution in [-0.2, 0) is 4.79 Å². The van der Waals surface area contributed by atoms with E-state index in [1.165, 1.54) is 6.33 Å². The molecule has 9 nitrogen and oxygen atoms in total. The molecule has 0 saturated heterocycles. The molecule has 3 atom stereocenters. The topological polar surface area (TPSA) is 136 Å². The molecule has 1 aliphatic rings. The van der Waals surface area contributed by atoms with Crippen molar-refractivity contribution >= 4 is 22.9 Å². The number of anilines is 1. The van der Waals surface area contributed by atoms with E-state index in [0.29, 0.717) is 23.5 Å². The minimum absolute atomic E-state index is 0.0516. The quantitative estimate of drug-likeness (QED) is 0.697. The first-order valence-electron chi connectivity index (χ1n) is 8.11. The van der Waals surface area contributed by atoms with E-state index in [0.717, 1.165) is 19.3 Å². The maximum absolute atomic E-state index is 12.1. The summed E-state index contributed by atoms with van der Waals surface area (Å²) < 4.78 is 1.84. The SMILES string of the molecule is CN(C(=O)CCN)[C@H]1CCC[C@H](n2cnc3c(N)ncnc32)[C@H]1O. The van der Waals surface area contributed by atoms with E-state index in [1.54, 1.807) is 18.3 Å². The molecule has 2 heterocycles. The molecule has 0 aromatic carbocycles. The van der Waals surface area contributed by atoms with E-state index in [-0.39, 0.29) is 24.4 Å². The predicted molar refractivity (Wildman–Crippen MR) is 88.9 cm³/mol. The van der Waals surface area contributed by atoms with E-state index >= 15 is 0 Å². The van der Waals surface area contributed by atoms with Gasteiger partial charge in [-0.05, 0) is 19.3 Å². The Hall–Kier alpha value is -2.26. The van der Waals surface area contributed by atoms with Gasteiger partial charge in [0.1, 0.15) is 11.8 Å². The van der Waals surface area contributed by atoms with Gasteiger partial charge in [0.15, 0.2) is 11.5 Å². The zero-order valence-corrected chi connectivity index (χ0v) is 13.7. The van der Waals surface area contributed by atoms with Gasteiger partial charge in [-0.25, -0.2) is 15.0 Å². The number of aromatic nitrogens is 4. The van der Waals surface area contributed by atoms with Crippen molar-refractivity contribution in [3.63, 3.8) is 0 Å². The van der Waals surface area contributed by atoms with Gasteiger partial charge in [0, 0.05) is 20.0 Å². The van der Waals surface area contributed by atoms with Gasteiger partial charge in [-0.1, -0.05) is 0 Å². The summed E-state index contributed by atoms with van der Waals surface area (Å²) in [7, 11) is 1.72. The lowest BCUT2D eigenvalue weighted by atomic mass is 9.87. The predicted octanol–water partition coefficient (Wildman–Crippen LogP) is -0.330. The van der Waals surface area contributed by atoms with Crippen LogP contribution < -0.4 is 11.5 Å². The minimum atomic E-state index is -0.709. The summed E-state index contributed by atoms with van der Waals surface area (Å²) in [5, 5.41) is 10.9. The number of aliphatic hydroxyl groups is 1. The molecule has 5 N–H and O–H groups in total. The molecule has 24 heavy (non-hydrogen) atoms. The van der Waals surface area contributed by atoms with Crippen LogP contribution in [0.3, 0.4) is 0 Å². The number of carbonyl (C=O) groups excluding carboxylic acids is 1. The van der Waals surface area contributed by atoms with E-state index in [4.69, 9.17) is 11.5 Å². The fraction of sp³-hybridized carbons (Fsp3) is 0.600. The van der Waals surface area contributed by atoms with Crippen LogP contribution in [0.5, 0.6) is 0 Å². The highest BCUT2D eigenvalue weighted by Gasteiger charge is 2.37. The van der Waals surface area contributed by atoms with Gasteiger partial charge < -0.3 is 26.0 Å². The third kappa shape index (κ3) is 2.80. The molecule has 0 radical (unpaired) electrons. The van der Waals surface area contributed by atoms with Crippen LogP contribution in [0.25, 0.3) is 11.2 Å². The molecule has 2 aromatic rings. The molecule has 9 heteroatoms. The van der Waals surface area contributed by atoms with E-state index in [1.807, 2.05) is 4.57 Å². The van der Waals surface area contributed by atoms with Crippen LogP contribution in [-0.4, -0.2) is 61.2 Å². The number of aliphatic hydroxyl groups excluding tert-OH is 1. The fourth-order valence-corrected chi connectivity index (χ4v) is 3.46. The molecule has 0 aliphatic heterocycles. The lowest BCUT2D eigenvalue weighted by molar-refractivity contribution is -0.136. The van der Waals surface area contributed by atoms with Crippen LogP contribution in [0, 0.1) is 0 Å². The van der Waals surface area contributed by atoms with E-state index < -0.39 is 6.10 Å². The smallest absolute Gasteiger partial charge is 0.223 e. The number of fused-ring (bicyclic) bond motifs is 1. The Labute approximate surface area is 139 Å². The maximum atomic E-state index is 12.1. The highest BCUT2D eigenvalue weighted by molar-refractivity contribution is 5.81. The number of amides is 1. The van der Waals surface area contributed by atoms with Crippen molar-refractivity contribution in [3.05, 3.63) is 12.7 Å². The largest absolute Gasteiger partial charge is 0.389 e. The second-order valence-corrected chi connectivity index (χ2v) is 6.18. The standard InChI is InChI=1S/C15H23N7O2/c1-21(11(23)5-6-16)9-3-2-4-10(13(9)24)22-8-20-12-14(17)18-7-19-15(12)22/h7-10,13,24H,2-6,16H2,1H3,(H2,17,18,19)/t9-,10-,13-/m0/s1. The molecule has 1 amide bonds. The summed E-state index contributed by atoms with van der Waals surface area (Å²) in [6.07, 6.45) is 5.03. The number of rotatable bonds is 4. The Bertz CT molecular complexity index is 732. The van der Waals surface area contributed by atoms with Gasteiger partial charge in [-0.2, -0.15) is 0 Å². The highest BCUT2D eigenvalue weighted by Crippen LogP contribution is 2.33. The lowest BCUT2D eigenvalue weighted by Crippen LogP contribution is -2.50. The lowest BCUT2D eigenvalue weighted by Gasteiger charge is -2.40. The molecule has 1 fully saturated rings. The molecule has 130 valence electrons. The number of carbonyl (C=O) groups is 1. The Morgan fingerprint density at radius 1 is 1.42 bits per heavy atom. The van der Waals surface area contributed by atoms with Crippen LogP contribution in [0.15, 0.2) is 12.7 Å². The van der Waals surface area contributed by atoms with Crippen molar-refractivity contribution in [2.75, 3.05) is 19.3 Å². The molecule has 0 spiro atoms. The number of likely N-dealkylation sites (N-methyl/N-ethyl adjacent to an activating group) is 1. The van der Waals surface area contributed by atoms with Crippen molar-refractivity contribution < 1.29 is 9.90 Å². The second kappa shape index (κ2) is 6.70. The van der Waals surface area contributed by atoms with Crippen LogP contribution in [0.4, 0.5) is 5.82 Å². The summed E-state index contributed by atoms with van der Waals surface area (Å²) in [5.74, 6) is 0.264. The van der Waals surface area contributed by atoms with Crippen molar-refractivity contribution in [2.45, 2.75) is 43.9 Å². The summed E-state index contributed by atoms with van der Waals surface area (Å²) >= 11 is 0. The van der Waals surface area contributed by atoms with Crippen LogP contribution >= 0.6 is 0 Å². The van der Waals surface area contributed by atoms with Gasteiger partial charge in [0.05, 0.1) is 24.5 Å². The molecule has 2 aromatic heterocycles. The Morgan fingerprint density at radius 3 is 2.96 bits per heavy atom. The van der Waals surface area contributed by atoms with Gasteiger partial charge in [0.25, 0.3) is 0 Å². The first-order valence-corrected chi connectivity index (χ1v) is 8.11. The zero-order valence-electron chi connectivity index (χ0n) is 13.7. The minimum Gasteiger partial charge on any atom is -0.389 e. The molecule has 3 rings (SSSR count). The number of nitrogen functional groups attached to an aromatic ring is 1. The highest BCUT2D eigenvalue weighted by atomic mass is 16.3. The molecule has 1 saturated carbocycles. The third-order valence-electron chi connectivity index (χ3n) is 4.78. The van der Waals surface area contributed by atoms with Crippen molar-refractivity contribution in [1.29, 1.82) is 0 Å². The first-order chi connectivity index (χ1) is 11.5. The summed E-state index contributed by atoms with van der Waals surface area (Å²) in [6.45, 7) is 0.303. The maximum Gasteiger partial charge on any atom is 0.223 e. The molecule has 0 unspecified atom stereocenters.